The van der Waals surface area contributed by atoms with Crippen LogP contribution in [0.2, 0.25) is 0 Å². The Labute approximate surface area is 231 Å². The Morgan fingerprint density at radius 1 is 1.02 bits per heavy atom. The molecule has 0 spiro atoms. The van der Waals surface area contributed by atoms with Gasteiger partial charge in [-0.05, 0) is 75.2 Å². The molecule has 0 aliphatic rings. The SMILES string of the molecule is CCCC(=O)Cc1cccc(-c2nc(Nc3ccc4c(cnn4C(=O)OC(C)(C)C)c3)c3cc(O)ccc3n2)c1. The fraction of sp³-hybridized carbons (Fsp3) is 0.258. The second-order valence-electron chi connectivity index (χ2n) is 10.7. The number of carbonyl (C=O) groups excluding carboxylic acids is 2. The standard InChI is InChI=1S/C31H31N5O4/c1-5-7-23(37)15-19-8-6-9-20(14-19)28-34-26-12-11-24(38)17-25(26)29(35-28)33-22-10-13-27-21(16-22)18-32-36(27)30(39)40-31(2,3)4/h6,8-14,16-18,38H,5,7,15H2,1-4H3,(H,33,34,35). The number of carbonyl (C=O) groups is 2. The molecular formula is C31H31N5O4. The molecule has 0 aliphatic carbocycles. The number of hydrogen-bond donors (Lipinski definition) is 2. The van der Waals surface area contributed by atoms with Crippen LogP contribution in [-0.4, -0.2) is 42.3 Å². The van der Waals surface area contributed by atoms with Crippen molar-refractivity contribution in [3.63, 3.8) is 0 Å². The van der Waals surface area contributed by atoms with Gasteiger partial charge in [-0.3, -0.25) is 4.79 Å². The number of phenols is 1. The molecule has 9 heteroatoms. The van der Waals surface area contributed by atoms with E-state index in [1.54, 1.807) is 51.2 Å². The van der Waals surface area contributed by atoms with E-state index < -0.39 is 11.7 Å². The molecule has 0 fully saturated rings. The Balaban J connectivity index is 1.50. The summed E-state index contributed by atoms with van der Waals surface area (Å²) in [7, 11) is 0. The number of hydrogen-bond acceptors (Lipinski definition) is 8. The number of aromatic hydroxyl groups is 1. The maximum absolute atomic E-state index is 12.6. The summed E-state index contributed by atoms with van der Waals surface area (Å²) in [6.45, 7) is 7.41. The molecule has 40 heavy (non-hydrogen) atoms. The number of fused-ring (bicyclic) bond motifs is 2. The fourth-order valence-corrected chi connectivity index (χ4v) is 4.45. The molecule has 0 radical (unpaired) electrons. The van der Waals surface area contributed by atoms with Crippen molar-refractivity contribution in [3.05, 3.63) is 72.4 Å². The largest absolute Gasteiger partial charge is 0.508 e. The normalized spacial score (nSPS) is 11.6. The lowest BCUT2D eigenvalue weighted by molar-refractivity contribution is -0.118. The molecular weight excluding hydrogens is 506 g/mol. The molecule has 5 rings (SSSR count). The van der Waals surface area contributed by atoms with E-state index in [0.717, 1.165) is 22.9 Å². The first-order chi connectivity index (χ1) is 19.1. The third-order valence-electron chi connectivity index (χ3n) is 6.19. The molecule has 2 aromatic heterocycles. The van der Waals surface area contributed by atoms with Crippen LogP contribution in [0.15, 0.2) is 66.9 Å². The van der Waals surface area contributed by atoms with Gasteiger partial charge in [0.05, 0.1) is 17.2 Å². The number of benzene rings is 3. The van der Waals surface area contributed by atoms with Crippen LogP contribution < -0.4 is 5.32 Å². The predicted molar refractivity (Wildman–Crippen MR) is 155 cm³/mol. The van der Waals surface area contributed by atoms with E-state index in [4.69, 9.17) is 14.7 Å². The molecule has 0 unspecified atom stereocenters. The van der Waals surface area contributed by atoms with Gasteiger partial charge in [-0.25, -0.2) is 14.8 Å². The Hall–Kier alpha value is -4.79. The highest BCUT2D eigenvalue weighted by Gasteiger charge is 2.20. The van der Waals surface area contributed by atoms with Crippen molar-refractivity contribution in [3.8, 4) is 17.1 Å². The number of nitrogens with one attached hydrogen (secondary N) is 1. The number of Topliss-reactive ketones (excluding diaryl/α,β-unsaturated/α-hetero) is 1. The lowest BCUT2D eigenvalue weighted by atomic mass is 10.0. The highest BCUT2D eigenvalue weighted by atomic mass is 16.6. The summed E-state index contributed by atoms with van der Waals surface area (Å²) >= 11 is 0. The van der Waals surface area contributed by atoms with Crippen LogP contribution in [-0.2, 0) is 16.0 Å². The lowest BCUT2D eigenvalue weighted by Gasteiger charge is -2.19. The summed E-state index contributed by atoms with van der Waals surface area (Å²) in [5, 5.41) is 19.1. The van der Waals surface area contributed by atoms with Crippen LogP contribution in [0.1, 0.15) is 46.1 Å². The van der Waals surface area contributed by atoms with Crippen LogP contribution in [0, 0.1) is 0 Å². The first kappa shape index (κ1) is 26.8. The minimum Gasteiger partial charge on any atom is -0.508 e. The van der Waals surface area contributed by atoms with Gasteiger partial charge in [-0.2, -0.15) is 9.78 Å². The van der Waals surface area contributed by atoms with Crippen LogP contribution in [0.25, 0.3) is 33.2 Å². The zero-order chi connectivity index (χ0) is 28.4. The third-order valence-corrected chi connectivity index (χ3v) is 6.19. The smallest absolute Gasteiger partial charge is 0.435 e. The van der Waals surface area contributed by atoms with Crippen LogP contribution in [0.5, 0.6) is 5.75 Å². The maximum Gasteiger partial charge on any atom is 0.435 e. The molecule has 0 atom stereocenters. The van der Waals surface area contributed by atoms with Crippen molar-refractivity contribution in [1.29, 1.82) is 0 Å². The van der Waals surface area contributed by atoms with Gasteiger partial charge in [0.15, 0.2) is 5.82 Å². The molecule has 0 saturated carbocycles. The fourth-order valence-electron chi connectivity index (χ4n) is 4.45. The van der Waals surface area contributed by atoms with Crippen LogP contribution >= 0.6 is 0 Å². The summed E-state index contributed by atoms with van der Waals surface area (Å²) in [6, 6.07) is 18.1. The third kappa shape index (κ3) is 5.93. The minimum absolute atomic E-state index is 0.0948. The molecule has 3 aromatic carbocycles. The molecule has 0 amide bonds. The molecule has 0 aliphatic heterocycles. The Morgan fingerprint density at radius 3 is 2.62 bits per heavy atom. The van der Waals surface area contributed by atoms with Crippen LogP contribution in [0.3, 0.4) is 0 Å². The van der Waals surface area contributed by atoms with E-state index in [9.17, 15) is 14.7 Å². The summed E-state index contributed by atoms with van der Waals surface area (Å²) < 4.78 is 6.69. The Morgan fingerprint density at radius 2 is 1.85 bits per heavy atom. The van der Waals surface area contributed by atoms with E-state index in [0.29, 0.717) is 46.6 Å². The Bertz CT molecular complexity index is 1740. The van der Waals surface area contributed by atoms with Crippen molar-refractivity contribution in [2.24, 2.45) is 0 Å². The topological polar surface area (TPSA) is 119 Å². The second kappa shape index (κ2) is 10.8. The first-order valence-corrected chi connectivity index (χ1v) is 13.2. The number of rotatable bonds is 7. The molecule has 5 aromatic rings. The highest BCUT2D eigenvalue weighted by molar-refractivity contribution is 5.95. The van der Waals surface area contributed by atoms with Gasteiger partial charge in [0.2, 0.25) is 0 Å². The minimum atomic E-state index is -0.640. The van der Waals surface area contributed by atoms with Gasteiger partial charge < -0.3 is 15.2 Å². The van der Waals surface area contributed by atoms with Crippen molar-refractivity contribution < 1.29 is 19.4 Å². The maximum atomic E-state index is 12.6. The number of anilines is 2. The van der Waals surface area contributed by atoms with Gasteiger partial charge in [0.1, 0.15) is 23.0 Å². The van der Waals surface area contributed by atoms with Gasteiger partial charge in [-0.15, -0.1) is 0 Å². The second-order valence-corrected chi connectivity index (χ2v) is 10.7. The van der Waals surface area contributed by atoms with Gasteiger partial charge >= 0.3 is 6.09 Å². The van der Waals surface area contributed by atoms with E-state index in [-0.39, 0.29) is 11.5 Å². The Kier molecular flexibility index (Phi) is 7.21. The lowest BCUT2D eigenvalue weighted by Crippen LogP contribution is -2.27. The average Bonchev–Trinajstić information content (AvgIpc) is 3.32. The quantitative estimate of drug-likeness (QED) is 0.233. The van der Waals surface area contributed by atoms with Crippen molar-refractivity contribution in [2.75, 3.05) is 5.32 Å². The number of ketones is 1. The molecule has 204 valence electrons. The summed E-state index contributed by atoms with van der Waals surface area (Å²) in [5.74, 6) is 1.28. The first-order valence-electron chi connectivity index (χ1n) is 13.2. The number of aromatic nitrogens is 4. The van der Waals surface area contributed by atoms with E-state index in [2.05, 4.69) is 10.4 Å². The summed E-state index contributed by atoms with van der Waals surface area (Å²) in [5.41, 5.74) is 3.03. The number of phenolic OH excluding ortho intramolecular Hbond substituents is 1. The monoisotopic (exact) mass is 537 g/mol. The summed E-state index contributed by atoms with van der Waals surface area (Å²) in [4.78, 5) is 34.3. The van der Waals surface area contributed by atoms with Gasteiger partial charge in [0.25, 0.3) is 0 Å². The average molecular weight is 538 g/mol. The molecule has 0 saturated heterocycles. The molecule has 2 heterocycles. The van der Waals surface area contributed by atoms with E-state index in [1.807, 2.05) is 43.3 Å². The predicted octanol–water partition coefficient (Wildman–Crippen LogP) is 6.79. The summed E-state index contributed by atoms with van der Waals surface area (Å²) in [6.07, 6.45) is 2.79. The molecule has 0 bridgehead atoms. The zero-order valence-electron chi connectivity index (χ0n) is 22.9. The molecule has 9 nitrogen and oxygen atoms in total. The van der Waals surface area contributed by atoms with Crippen molar-refractivity contribution in [1.82, 2.24) is 19.7 Å². The van der Waals surface area contributed by atoms with E-state index >= 15 is 0 Å². The highest BCUT2D eigenvalue weighted by Crippen LogP contribution is 2.31. The zero-order valence-corrected chi connectivity index (χ0v) is 22.9. The molecule has 2 N–H and O–H groups in total. The van der Waals surface area contributed by atoms with E-state index in [1.165, 1.54) is 4.68 Å². The van der Waals surface area contributed by atoms with Gasteiger partial charge in [0, 0.05) is 34.9 Å². The van der Waals surface area contributed by atoms with Crippen molar-refractivity contribution >= 4 is 45.2 Å². The van der Waals surface area contributed by atoms with Gasteiger partial charge in [-0.1, -0.05) is 25.1 Å². The van der Waals surface area contributed by atoms with Crippen molar-refractivity contribution in [2.45, 2.75) is 52.6 Å². The van der Waals surface area contributed by atoms with Crippen LogP contribution in [0.4, 0.5) is 16.3 Å². The number of nitrogens with zero attached hydrogens (tertiary/aromatic N) is 4. The number of ether oxygens (including phenoxy) is 1.